The van der Waals surface area contributed by atoms with Crippen molar-refractivity contribution in [3.8, 4) is 0 Å². The number of pyridine rings is 1. The van der Waals surface area contributed by atoms with E-state index in [2.05, 4.69) is 29.1 Å². The number of oxazole rings is 1. The molecule has 16 heavy (non-hydrogen) atoms. The first-order chi connectivity index (χ1) is 7.69. The first-order valence-electron chi connectivity index (χ1n) is 5.65. The van der Waals surface area contributed by atoms with Crippen molar-refractivity contribution in [2.24, 2.45) is 0 Å². The van der Waals surface area contributed by atoms with Crippen LogP contribution in [0.4, 0.5) is 0 Å². The molecule has 1 unspecified atom stereocenters. The van der Waals surface area contributed by atoms with Gasteiger partial charge in [0, 0.05) is 11.7 Å². The number of hydrogen-bond acceptors (Lipinski definition) is 4. The summed E-state index contributed by atoms with van der Waals surface area (Å²) in [5, 5.41) is 3.34. The van der Waals surface area contributed by atoms with Crippen LogP contribution in [-0.4, -0.2) is 16.0 Å². The van der Waals surface area contributed by atoms with Gasteiger partial charge in [-0.1, -0.05) is 6.92 Å². The van der Waals surface area contributed by atoms with Crippen molar-refractivity contribution in [2.75, 3.05) is 0 Å². The van der Waals surface area contributed by atoms with Gasteiger partial charge in [0.25, 0.3) is 0 Å². The monoisotopic (exact) mass is 219 g/mol. The van der Waals surface area contributed by atoms with Crippen LogP contribution in [0.5, 0.6) is 0 Å². The minimum atomic E-state index is 0.477. The standard InChI is InChI=1S/C12H17N3O/c1-4-8(2)13-7-11-15-12-10(16-11)6-5-9(3)14-12/h5-6,8,13H,4,7H2,1-3H3. The molecule has 1 atom stereocenters. The van der Waals surface area contributed by atoms with Gasteiger partial charge in [0.05, 0.1) is 6.54 Å². The maximum Gasteiger partial charge on any atom is 0.211 e. The first-order valence-corrected chi connectivity index (χ1v) is 5.65. The number of hydrogen-bond donors (Lipinski definition) is 1. The van der Waals surface area contributed by atoms with Crippen LogP contribution in [0.3, 0.4) is 0 Å². The van der Waals surface area contributed by atoms with Crippen molar-refractivity contribution >= 4 is 11.2 Å². The third kappa shape index (κ3) is 2.39. The van der Waals surface area contributed by atoms with E-state index in [1.54, 1.807) is 0 Å². The molecule has 0 radical (unpaired) electrons. The third-order valence-corrected chi connectivity index (χ3v) is 2.65. The van der Waals surface area contributed by atoms with Crippen LogP contribution >= 0.6 is 0 Å². The molecule has 4 heteroatoms. The Morgan fingerprint density at radius 3 is 2.94 bits per heavy atom. The number of fused-ring (bicyclic) bond motifs is 1. The second-order valence-electron chi connectivity index (χ2n) is 4.07. The van der Waals surface area contributed by atoms with E-state index in [0.29, 0.717) is 24.1 Å². The molecule has 0 aliphatic rings. The molecule has 2 aromatic heterocycles. The quantitative estimate of drug-likeness (QED) is 0.858. The van der Waals surface area contributed by atoms with Crippen LogP contribution in [0.15, 0.2) is 16.5 Å². The van der Waals surface area contributed by atoms with Crippen LogP contribution in [-0.2, 0) is 6.54 Å². The van der Waals surface area contributed by atoms with E-state index in [1.807, 2.05) is 19.1 Å². The van der Waals surface area contributed by atoms with Gasteiger partial charge in [0.2, 0.25) is 5.89 Å². The highest BCUT2D eigenvalue weighted by molar-refractivity contribution is 5.67. The van der Waals surface area contributed by atoms with Crippen molar-refractivity contribution in [3.63, 3.8) is 0 Å². The molecule has 0 bridgehead atoms. The maximum absolute atomic E-state index is 5.58. The van der Waals surface area contributed by atoms with E-state index in [-0.39, 0.29) is 0 Å². The van der Waals surface area contributed by atoms with Gasteiger partial charge in [-0.25, -0.2) is 4.98 Å². The first kappa shape index (κ1) is 11.1. The van der Waals surface area contributed by atoms with Gasteiger partial charge < -0.3 is 9.73 Å². The summed E-state index contributed by atoms with van der Waals surface area (Å²) in [6, 6.07) is 4.32. The minimum Gasteiger partial charge on any atom is -0.438 e. The number of nitrogens with zero attached hydrogens (tertiary/aromatic N) is 2. The van der Waals surface area contributed by atoms with Crippen LogP contribution < -0.4 is 5.32 Å². The molecular weight excluding hydrogens is 202 g/mol. The van der Waals surface area contributed by atoms with Crippen LogP contribution in [0, 0.1) is 6.92 Å². The lowest BCUT2D eigenvalue weighted by Gasteiger charge is -2.07. The number of rotatable bonds is 4. The molecule has 2 rings (SSSR count). The smallest absolute Gasteiger partial charge is 0.211 e. The molecule has 2 heterocycles. The highest BCUT2D eigenvalue weighted by Crippen LogP contribution is 2.13. The lowest BCUT2D eigenvalue weighted by molar-refractivity contribution is 0.455. The summed E-state index contributed by atoms with van der Waals surface area (Å²) in [4.78, 5) is 8.65. The summed E-state index contributed by atoms with van der Waals surface area (Å²) in [5.41, 5.74) is 2.41. The molecule has 2 aromatic rings. The zero-order valence-electron chi connectivity index (χ0n) is 9.95. The Kier molecular flexibility index (Phi) is 3.19. The second kappa shape index (κ2) is 4.61. The predicted molar refractivity (Wildman–Crippen MR) is 63.1 cm³/mol. The van der Waals surface area contributed by atoms with Gasteiger partial charge in [0.15, 0.2) is 11.2 Å². The van der Waals surface area contributed by atoms with Crippen molar-refractivity contribution in [1.29, 1.82) is 0 Å². The summed E-state index contributed by atoms with van der Waals surface area (Å²) < 4.78 is 5.58. The van der Waals surface area contributed by atoms with Crippen LogP contribution in [0.2, 0.25) is 0 Å². The van der Waals surface area contributed by atoms with Crippen LogP contribution in [0.25, 0.3) is 11.2 Å². The van der Waals surface area contributed by atoms with Gasteiger partial charge in [-0.15, -0.1) is 0 Å². The minimum absolute atomic E-state index is 0.477. The van der Waals surface area contributed by atoms with Gasteiger partial charge in [-0.2, -0.15) is 4.98 Å². The molecule has 4 nitrogen and oxygen atoms in total. The summed E-state index contributed by atoms with van der Waals surface area (Å²) in [6.07, 6.45) is 1.09. The fourth-order valence-electron chi connectivity index (χ4n) is 1.44. The van der Waals surface area contributed by atoms with E-state index >= 15 is 0 Å². The molecule has 1 N–H and O–H groups in total. The molecule has 86 valence electrons. The van der Waals surface area contributed by atoms with Gasteiger partial charge in [-0.05, 0) is 32.4 Å². The van der Waals surface area contributed by atoms with Gasteiger partial charge in [-0.3, -0.25) is 0 Å². The maximum atomic E-state index is 5.58. The predicted octanol–water partition coefficient (Wildman–Crippen LogP) is 2.42. The SMILES string of the molecule is CCC(C)NCc1nc2nc(C)ccc2o1. The zero-order chi connectivity index (χ0) is 11.5. The molecule has 0 saturated heterocycles. The van der Waals surface area contributed by atoms with Crippen molar-refractivity contribution in [2.45, 2.75) is 39.8 Å². The normalized spacial score (nSPS) is 13.2. The Balaban J connectivity index is 2.13. The summed E-state index contributed by atoms with van der Waals surface area (Å²) in [5.74, 6) is 0.702. The highest BCUT2D eigenvalue weighted by atomic mass is 16.3. The molecule has 0 aliphatic carbocycles. The third-order valence-electron chi connectivity index (χ3n) is 2.65. The topological polar surface area (TPSA) is 51.0 Å². The number of nitrogens with one attached hydrogen (secondary N) is 1. The average Bonchev–Trinajstić information content (AvgIpc) is 2.67. The van der Waals surface area contributed by atoms with Gasteiger partial charge in [0.1, 0.15) is 0 Å². The Bertz CT molecular complexity index is 478. The van der Waals surface area contributed by atoms with E-state index in [4.69, 9.17) is 4.42 Å². The largest absolute Gasteiger partial charge is 0.438 e. The van der Waals surface area contributed by atoms with Crippen molar-refractivity contribution < 1.29 is 4.42 Å². The number of aromatic nitrogens is 2. The zero-order valence-corrected chi connectivity index (χ0v) is 9.95. The lowest BCUT2D eigenvalue weighted by Crippen LogP contribution is -2.24. The molecular formula is C12H17N3O. The Morgan fingerprint density at radius 2 is 2.19 bits per heavy atom. The number of aryl methyl sites for hydroxylation is 1. The molecule has 0 fully saturated rings. The van der Waals surface area contributed by atoms with Crippen molar-refractivity contribution in [1.82, 2.24) is 15.3 Å². The van der Waals surface area contributed by atoms with Crippen molar-refractivity contribution in [3.05, 3.63) is 23.7 Å². The Labute approximate surface area is 95.1 Å². The summed E-state index contributed by atoms with van der Waals surface area (Å²) in [7, 11) is 0. The second-order valence-corrected chi connectivity index (χ2v) is 4.07. The molecule has 0 aliphatic heterocycles. The van der Waals surface area contributed by atoms with E-state index in [0.717, 1.165) is 17.7 Å². The fourth-order valence-corrected chi connectivity index (χ4v) is 1.44. The van der Waals surface area contributed by atoms with E-state index in [9.17, 15) is 0 Å². The Hall–Kier alpha value is -1.42. The average molecular weight is 219 g/mol. The summed E-state index contributed by atoms with van der Waals surface area (Å²) >= 11 is 0. The highest BCUT2D eigenvalue weighted by Gasteiger charge is 2.07. The molecule has 0 aromatic carbocycles. The lowest BCUT2D eigenvalue weighted by atomic mass is 10.3. The molecule has 0 spiro atoms. The Morgan fingerprint density at radius 1 is 1.38 bits per heavy atom. The molecule has 0 saturated carbocycles. The molecule has 0 amide bonds. The van der Waals surface area contributed by atoms with Crippen LogP contribution in [0.1, 0.15) is 31.9 Å². The van der Waals surface area contributed by atoms with E-state index in [1.165, 1.54) is 0 Å². The fraction of sp³-hybridized carbons (Fsp3) is 0.500. The van der Waals surface area contributed by atoms with Gasteiger partial charge >= 0.3 is 0 Å². The summed E-state index contributed by atoms with van der Waals surface area (Å²) in [6.45, 7) is 6.90. The van der Waals surface area contributed by atoms with E-state index < -0.39 is 0 Å².